The molecule has 0 radical (unpaired) electrons. The molecule has 0 bridgehead atoms. The Hall–Kier alpha value is -1.22. The van der Waals surface area contributed by atoms with Gasteiger partial charge in [0.15, 0.2) is 5.96 Å². The zero-order valence-electron chi connectivity index (χ0n) is 15.1. The third kappa shape index (κ3) is 7.57. The van der Waals surface area contributed by atoms with Gasteiger partial charge in [0.05, 0.1) is 0 Å². The molecule has 0 fully saturated rings. The molecule has 2 aromatic rings. The van der Waals surface area contributed by atoms with Gasteiger partial charge in [-0.05, 0) is 61.1 Å². The summed E-state index contributed by atoms with van der Waals surface area (Å²) in [6.07, 6.45) is 6.14. The lowest BCUT2D eigenvalue weighted by Gasteiger charge is -2.12. The number of nitrogens with one attached hydrogen (secondary N) is 2. The predicted molar refractivity (Wildman–Crippen MR) is 120 cm³/mol. The van der Waals surface area contributed by atoms with Crippen LogP contribution in [-0.2, 0) is 12.8 Å². The van der Waals surface area contributed by atoms with Crippen LogP contribution in [-0.4, -0.2) is 31.1 Å². The molecule has 0 amide bonds. The summed E-state index contributed by atoms with van der Waals surface area (Å²) in [7, 11) is 1.75. The number of benzene rings is 1. The molecule has 0 saturated carbocycles. The van der Waals surface area contributed by atoms with Crippen LogP contribution in [0.25, 0.3) is 0 Å². The number of aryl methyl sites for hydroxylation is 2. The summed E-state index contributed by atoms with van der Waals surface area (Å²) in [4.78, 5) is 8.32. The molecule has 26 heavy (non-hydrogen) atoms. The molecule has 1 aromatic heterocycles. The number of pyridine rings is 1. The van der Waals surface area contributed by atoms with E-state index < -0.39 is 0 Å². The fraction of sp³-hybridized carbons (Fsp3) is 0.368. The van der Waals surface area contributed by atoms with E-state index in [1.807, 2.05) is 30.6 Å². The lowest BCUT2D eigenvalue weighted by molar-refractivity contribution is 0.602. The van der Waals surface area contributed by atoms with Gasteiger partial charge in [0, 0.05) is 37.0 Å². The van der Waals surface area contributed by atoms with Gasteiger partial charge in [-0.15, -0.1) is 24.0 Å². The number of halogens is 3. The van der Waals surface area contributed by atoms with Crippen LogP contribution in [0.5, 0.6) is 0 Å². The number of rotatable bonds is 7. The minimum absolute atomic E-state index is 0. The molecular weight excluding hydrogens is 510 g/mol. The summed E-state index contributed by atoms with van der Waals surface area (Å²) in [6.45, 7) is 3.60. The summed E-state index contributed by atoms with van der Waals surface area (Å²) >= 11 is 3.27. The van der Waals surface area contributed by atoms with E-state index in [0.717, 1.165) is 41.9 Å². The summed E-state index contributed by atoms with van der Waals surface area (Å²) in [6, 6.07) is 7.24. The zero-order chi connectivity index (χ0) is 18.1. The van der Waals surface area contributed by atoms with Crippen molar-refractivity contribution in [3.8, 4) is 0 Å². The van der Waals surface area contributed by atoms with E-state index in [1.54, 1.807) is 7.05 Å². The quantitative estimate of drug-likeness (QED) is 0.242. The molecule has 1 aromatic carbocycles. The maximum Gasteiger partial charge on any atom is 0.190 e. The Morgan fingerprint density at radius 3 is 2.62 bits per heavy atom. The van der Waals surface area contributed by atoms with E-state index >= 15 is 0 Å². The summed E-state index contributed by atoms with van der Waals surface area (Å²) in [5.74, 6) is 0.604. The average molecular weight is 535 g/mol. The van der Waals surface area contributed by atoms with Crippen LogP contribution in [0.15, 0.2) is 46.1 Å². The second-order valence-electron chi connectivity index (χ2n) is 5.82. The second kappa shape index (κ2) is 12.2. The molecular formula is C19H25BrFIN4. The Balaban J connectivity index is 0.00000338. The SMILES string of the molecule is CN=C(NCCCc1ccc(Br)cc1F)NCCc1ccncc1C.I. The van der Waals surface area contributed by atoms with Gasteiger partial charge in [-0.1, -0.05) is 22.0 Å². The van der Waals surface area contributed by atoms with Gasteiger partial charge in [0.2, 0.25) is 0 Å². The first-order valence-electron chi connectivity index (χ1n) is 8.38. The van der Waals surface area contributed by atoms with E-state index in [-0.39, 0.29) is 29.8 Å². The highest BCUT2D eigenvalue weighted by molar-refractivity contribution is 14.0. The van der Waals surface area contributed by atoms with Crippen LogP contribution < -0.4 is 10.6 Å². The minimum atomic E-state index is -0.162. The normalized spacial score (nSPS) is 11.0. The first-order valence-corrected chi connectivity index (χ1v) is 9.17. The molecule has 2 N–H and O–H groups in total. The average Bonchev–Trinajstić information content (AvgIpc) is 2.60. The Labute approximate surface area is 180 Å². The standard InChI is InChI=1S/C19H24BrFN4.HI/c1-14-13-23-10-7-15(14)8-11-25-19(22-2)24-9-3-4-16-5-6-17(20)12-18(16)21;/h5-7,10,12-13H,3-4,8-9,11H2,1-2H3,(H2,22,24,25);1H. The van der Waals surface area contributed by atoms with E-state index in [9.17, 15) is 4.39 Å². The van der Waals surface area contributed by atoms with Gasteiger partial charge in [0.1, 0.15) is 5.82 Å². The van der Waals surface area contributed by atoms with Gasteiger partial charge < -0.3 is 10.6 Å². The Bertz CT molecular complexity index is 724. The van der Waals surface area contributed by atoms with Crippen LogP contribution in [0.4, 0.5) is 4.39 Å². The summed E-state index contributed by atoms with van der Waals surface area (Å²) in [5, 5.41) is 6.57. The maximum absolute atomic E-state index is 13.8. The van der Waals surface area contributed by atoms with E-state index in [2.05, 4.69) is 43.5 Å². The van der Waals surface area contributed by atoms with Crippen molar-refractivity contribution < 1.29 is 4.39 Å². The number of guanidine groups is 1. The smallest absolute Gasteiger partial charge is 0.190 e. The third-order valence-corrected chi connectivity index (χ3v) is 4.47. The fourth-order valence-electron chi connectivity index (χ4n) is 2.53. The van der Waals surface area contributed by atoms with Crippen LogP contribution in [0.2, 0.25) is 0 Å². The van der Waals surface area contributed by atoms with Crippen LogP contribution in [0.1, 0.15) is 23.1 Å². The monoisotopic (exact) mass is 534 g/mol. The summed E-state index contributed by atoms with van der Waals surface area (Å²) in [5.41, 5.74) is 3.22. The summed E-state index contributed by atoms with van der Waals surface area (Å²) < 4.78 is 14.5. The van der Waals surface area contributed by atoms with Crippen LogP contribution >= 0.6 is 39.9 Å². The third-order valence-electron chi connectivity index (χ3n) is 3.98. The topological polar surface area (TPSA) is 49.3 Å². The van der Waals surface area contributed by atoms with Crippen molar-refractivity contribution in [1.82, 2.24) is 15.6 Å². The van der Waals surface area contributed by atoms with E-state index in [4.69, 9.17) is 0 Å². The number of aromatic nitrogens is 1. The molecule has 0 saturated heterocycles. The van der Waals surface area contributed by atoms with Crippen molar-refractivity contribution in [3.63, 3.8) is 0 Å². The van der Waals surface area contributed by atoms with Crippen molar-refractivity contribution in [3.05, 3.63) is 63.6 Å². The molecule has 0 atom stereocenters. The van der Waals surface area contributed by atoms with Gasteiger partial charge in [-0.3, -0.25) is 9.98 Å². The molecule has 142 valence electrons. The largest absolute Gasteiger partial charge is 0.356 e. The van der Waals surface area contributed by atoms with Crippen molar-refractivity contribution >= 4 is 45.9 Å². The Morgan fingerprint density at radius 1 is 1.15 bits per heavy atom. The lowest BCUT2D eigenvalue weighted by Crippen LogP contribution is -2.38. The Morgan fingerprint density at radius 2 is 1.92 bits per heavy atom. The molecule has 0 unspecified atom stereocenters. The van der Waals surface area contributed by atoms with Crippen molar-refractivity contribution in [2.75, 3.05) is 20.1 Å². The highest BCUT2D eigenvalue weighted by Gasteiger charge is 2.03. The highest BCUT2D eigenvalue weighted by Crippen LogP contribution is 2.16. The molecule has 0 aliphatic heterocycles. The van der Waals surface area contributed by atoms with Gasteiger partial charge in [-0.2, -0.15) is 0 Å². The first kappa shape index (κ1) is 22.8. The molecule has 1 heterocycles. The molecule has 2 rings (SSSR count). The van der Waals surface area contributed by atoms with E-state index in [0.29, 0.717) is 6.42 Å². The first-order chi connectivity index (χ1) is 12.1. The molecule has 0 aliphatic carbocycles. The maximum atomic E-state index is 13.8. The number of aliphatic imine (C=N–C) groups is 1. The number of hydrogen-bond donors (Lipinski definition) is 2. The highest BCUT2D eigenvalue weighted by atomic mass is 127. The molecule has 4 nitrogen and oxygen atoms in total. The zero-order valence-corrected chi connectivity index (χ0v) is 19.0. The molecule has 7 heteroatoms. The predicted octanol–water partition coefficient (Wildman–Crippen LogP) is 4.25. The van der Waals surface area contributed by atoms with Gasteiger partial charge in [0.25, 0.3) is 0 Å². The van der Waals surface area contributed by atoms with Crippen molar-refractivity contribution in [1.29, 1.82) is 0 Å². The van der Waals surface area contributed by atoms with Crippen molar-refractivity contribution in [2.24, 2.45) is 4.99 Å². The lowest BCUT2D eigenvalue weighted by atomic mass is 10.1. The van der Waals surface area contributed by atoms with E-state index in [1.165, 1.54) is 17.2 Å². The Kier molecular flexibility index (Phi) is 10.7. The minimum Gasteiger partial charge on any atom is -0.356 e. The van der Waals surface area contributed by atoms with Crippen LogP contribution in [0, 0.1) is 12.7 Å². The number of hydrogen-bond acceptors (Lipinski definition) is 2. The van der Waals surface area contributed by atoms with Gasteiger partial charge >= 0.3 is 0 Å². The fourth-order valence-corrected chi connectivity index (χ4v) is 2.86. The molecule has 0 spiro atoms. The number of nitrogens with zero attached hydrogens (tertiary/aromatic N) is 2. The van der Waals surface area contributed by atoms with Gasteiger partial charge in [-0.25, -0.2) is 4.39 Å². The van der Waals surface area contributed by atoms with Crippen molar-refractivity contribution in [2.45, 2.75) is 26.2 Å². The second-order valence-corrected chi connectivity index (χ2v) is 6.73. The molecule has 0 aliphatic rings. The van der Waals surface area contributed by atoms with Crippen LogP contribution in [0.3, 0.4) is 0 Å².